The maximum absolute atomic E-state index is 5.31. The second kappa shape index (κ2) is 9.93. The number of H-pyrrole nitrogens is 1. The summed E-state index contributed by atoms with van der Waals surface area (Å²) in [6.45, 7) is 8.41. The molecule has 0 aliphatic rings. The van der Waals surface area contributed by atoms with Crippen molar-refractivity contribution in [1.82, 2.24) is 20.2 Å². The van der Waals surface area contributed by atoms with Crippen LogP contribution in [-0.2, 0) is 4.74 Å². The van der Waals surface area contributed by atoms with Crippen molar-refractivity contribution >= 4 is 11.9 Å². The zero-order valence-electron chi connectivity index (χ0n) is 13.3. The van der Waals surface area contributed by atoms with Crippen molar-refractivity contribution in [2.24, 2.45) is 0 Å². The molecule has 0 saturated heterocycles. The lowest BCUT2D eigenvalue weighted by atomic mass is 10.1. The van der Waals surface area contributed by atoms with E-state index in [4.69, 9.17) is 4.74 Å². The predicted octanol–water partition coefficient (Wildman–Crippen LogP) is 2.33. The first-order valence-corrected chi connectivity index (χ1v) is 7.32. The Morgan fingerprint density at radius 1 is 1.33 bits per heavy atom. The monoisotopic (exact) mass is 294 g/mol. The van der Waals surface area contributed by atoms with Crippen LogP contribution >= 0.6 is 0 Å². The Labute approximate surface area is 126 Å². The van der Waals surface area contributed by atoms with Gasteiger partial charge in [-0.15, -0.1) is 0 Å². The molecule has 1 heterocycles. The van der Waals surface area contributed by atoms with Gasteiger partial charge in [-0.3, -0.25) is 0 Å². The second-order valence-electron chi connectivity index (χ2n) is 4.79. The molecule has 3 N–H and O–H groups in total. The molecular formula is C14H26N6O. The summed E-state index contributed by atoms with van der Waals surface area (Å²) < 4.78 is 5.31. The predicted molar refractivity (Wildman–Crippen MR) is 85.0 cm³/mol. The SMILES string of the molecule is CCOCCCNc1ncc(C(C)C)cn[nH]c(NC)n1. The van der Waals surface area contributed by atoms with Gasteiger partial charge >= 0.3 is 0 Å². The van der Waals surface area contributed by atoms with Crippen LogP contribution in [0.2, 0.25) is 0 Å². The van der Waals surface area contributed by atoms with Crippen molar-refractivity contribution in [2.45, 2.75) is 33.1 Å². The minimum Gasteiger partial charge on any atom is -0.382 e. The van der Waals surface area contributed by atoms with Gasteiger partial charge in [0.25, 0.3) is 0 Å². The fourth-order valence-electron chi connectivity index (χ4n) is 1.51. The zero-order valence-corrected chi connectivity index (χ0v) is 13.3. The van der Waals surface area contributed by atoms with E-state index in [1.807, 2.05) is 6.92 Å². The quantitative estimate of drug-likeness (QED) is 0.638. The summed E-state index contributed by atoms with van der Waals surface area (Å²) in [5.74, 6) is 1.43. The highest BCUT2D eigenvalue weighted by atomic mass is 16.5. The van der Waals surface area contributed by atoms with Crippen molar-refractivity contribution in [3.63, 3.8) is 0 Å². The maximum atomic E-state index is 5.31. The molecule has 118 valence electrons. The fraction of sp³-hybridized carbons (Fsp3) is 0.643. The van der Waals surface area contributed by atoms with E-state index >= 15 is 0 Å². The minimum atomic E-state index is 0.342. The molecule has 0 aliphatic carbocycles. The summed E-state index contributed by atoms with van der Waals surface area (Å²) in [7, 11) is 1.78. The van der Waals surface area contributed by atoms with Crippen molar-refractivity contribution in [1.29, 1.82) is 0 Å². The maximum Gasteiger partial charge on any atom is 0.225 e. The average Bonchev–Trinajstić information content (AvgIpc) is 2.57. The number of rotatable bonds is 8. The Hall–Kier alpha value is -1.89. The van der Waals surface area contributed by atoms with Gasteiger partial charge in [-0.1, -0.05) is 13.8 Å². The summed E-state index contributed by atoms with van der Waals surface area (Å²) in [4.78, 5) is 8.77. The molecule has 1 aromatic rings. The molecule has 0 aromatic carbocycles. The van der Waals surface area contributed by atoms with Crippen molar-refractivity contribution in [2.75, 3.05) is 37.4 Å². The third kappa shape index (κ3) is 6.89. The van der Waals surface area contributed by atoms with Gasteiger partial charge in [0.05, 0.1) is 6.20 Å². The molecule has 0 fully saturated rings. The van der Waals surface area contributed by atoms with E-state index in [0.717, 1.165) is 31.7 Å². The van der Waals surface area contributed by atoms with Crippen LogP contribution in [0.3, 0.4) is 0 Å². The average molecular weight is 294 g/mol. The summed E-state index contributed by atoms with van der Waals surface area (Å²) in [5.41, 5.74) is 1.03. The lowest BCUT2D eigenvalue weighted by molar-refractivity contribution is 0.147. The number of hydrogen-bond acceptors (Lipinski definition) is 6. The van der Waals surface area contributed by atoms with Gasteiger partial charge in [0, 0.05) is 33.0 Å². The van der Waals surface area contributed by atoms with Crippen LogP contribution in [-0.4, -0.2) is 47.0 Å². The minimum absolute atomic E-state index is 0.342. The van der Waals surface area contributed by atoms with Gasteiger partial charge in [0.1, 0.15) is 0 Å². The van der Waals surface area contributed by atoms with Crippen LogP contribution in [0.25, 0.3) is 0 Å². The van der Waals surface area contributed by atoms with E-state index in [9.17, 15) is 0 Å². The molecule has 1 rings (SSSR count). The van der Waals surface area contributed by atoms with Gasteiger partial charge < -0.3 is 15.4 Å². The molecule has 0 atom stereocenters. The van der Waals surface area contributed by atoms with Gasteiger partial charge in [0.15, 0.2) is 0 Å². The third-order valence-electron chi connectivity index (χ3n) is 2.79. The van der Waals surface area contributed by atoms with E-state index in [1.165, 1.54) is 0 Å². The molecule has 7 nitrogen and oxygen atoms in total. The highest BCUT2D eigenvalue weighted by Gasteiger charge is 1.99. The number of aromatic nitrogens is 4. The first-order chi connectivity index (χ1) is 10.2. The fourth-order valence-corrected chi connectivity index (χ4v) is 1.51. The van der Waals surface area contributed by atoms with Crippen LogP contribution < -0.4 is 10.6 Å². The van der Waals surface area contributed by atoms with Crippen molar-refractivity contribution < 1.29 is 4.74 Å². The standard InChI is InChI=1S/C14H26N6O/c1-5-21-8-6-7-16-14-17-9-12(11(2)3)10-18-20-13(15-4)19-14/h9-11H,5-8H2,1-4H3,(H3,15,16,17,19,20). The van der Waals surface area contributed by atoms with E-state index in [0.29, 0.717) is 17.8 Å². The molecule has 0 radical (unpaired) electrons. The van der Waals surface area contributed by atoms with Crippen molar-refractivity contribution in [3.8, 4) is 0 Å². The zero-order chi connectivity index (χ0) is 15.5. The van der Waals surface area contributed by atoms with Crippen LogP contribution in [0.1, 0.15) is 38.7 Å². The number of anilines is 2. The largest absolute Gasteiger partial charge is 0.382 e. The van der Waals surface area contributed by atoms with E-state index in [2.05, 4.69) is 44.6 Å². The van der Waals surface area contributed by atoms with Crippen molar-refractivity contribution in [3.05, 3.63) is 18.0 Å². The van der Waals surface area contributed by atoms with E-state index < -0.39 is 0 Å². The second-order valence-corrected chi connectivity index (χ2v) is 4.79. The Morgan fingerprint density at radius 2 is 2.14 bits per heavy atom. The molecule has 0 unspecified atom stereocenters. The number of aromatic amines is 1. The lowest BCUT2D eigenvalue weighted by Crippen LogP contribution is -2.08. The summed E-state index contributed by atoms with van der Waals surface area (Å²) in [6, 6.07) is 0. The summed E-state index contributed by atoms with van der Waals surface area (Å²) in [6.07, 6.45) is 4.46. The number of hydrogen-bond donors (Lipinski definition) is 3. The van der Waals surface area contributed by atoms with Crippen LogP contribution in [0, 0.1) is 0 Å². The van der Waals surface area contributed by atoms with E-state index in [1.54, 1.807) is 19.4 Å². The summed E-state index contributed by atoms with van der Waals surface area (Å²) >= 11 is 0. The van der Waals surface area contributed by atoms with Crippen LogP contribution in [0.5, 0.6) is 0 Å². The lowest BCUT2D eigenvalue weighted by Gasteiger charge is -2.04. The van der Waals surface area contributed by atoms with Gasteiger partial charge in [-0.25, -0.2) is 10.1 Å². The number of ether oxygens (including phenoxy) is 1. The molecule has 7 heteroatoms. The first kappa shape index (κ1) is 17.2. The molecule has 0 amide bonds. The number of nitrogens with zero attached hydrogens (tertiary/aromatic N) is 3. The summed E-state index contributed by atoms with van der Waals surface area (Å²) in [5, 5.41) is 13.1. The third-order valence-corrected chi connectivity index (χ3v) is 2.79. The Morgan fingerprint density at radius 3 is 2.81 bits per heavy atom. The van der Waals surface area contributed by atoms with Crippen LogP contribution in [0.4, 0.5) is 11.9 Å². The Bertz CT molecular complexity index is 459. The molecule has 0 saturated carbocycles. The molecule has 1 aromatic heterocycles. The molecule has 21 heavy (non-hydrogen) atoms. The Kier molecular flexibility index (Phi) is 8.11. The van der Waals surface area contributed by atoms with Gasteiger partial charge in [-0.05, 0) is 24.8 Å². The smallest absolute Gasteiger partial charge is 0.225 e. The highest BCUT2D eigenvalue weighted by Crippen LogP contribution is 2.10. The van der Waals surface area contributed by atoms with Gasteiger partial charge in [0.2, 0.25) is 11.9 Å². The normalized spacial score (nSPS) is 10.3. The Balaban J connectivity index is 2.87. The van der Waals surface area contributed by atoms with Crippen LogP contribution in [0.15, 0.2) is 12.4 Å². The molecule has 0 aliphatic heterocycles. The van der Waals surface area contributed by atoms with Gasteiger partial charge in [-0.2, -0.15) is 10.1 Å². The molecule has 0 spiro atoms. The highest BCUT2D eigenvalue weighted by molar-refractivity contribution is 5.30. The first-order valence-electron chi connectivity index (χ1n) is 7.32. The molecular weight excluding hydrogens is 268 g/mol. The topological polar surface area (TPSA) is 87.8 Å². The number of nitrogens with one attached hydrogen (secondary N) is 3. The van der Waals surface area contributed by atoms with E-state index in [-0.39, 0.29) is 0 Å². The molecule has 0 bridgehead atoms.